The van der Waals surface area contributed by atoms with Crippen molar-refractivity contribution in [3.63, 3.8) is 0 Å². The minimum Gasteiger partial charge on any atom is -0.343 e. The van der Waals surface area contributed by atoms with Gasteiger partial charge in [-0.05, 0) is 49.8 Å². The fraction of sp³-hybridized carbons (Fsp3) is 0.526. The minimum absolute atomic E-state index is 0.0830. The lowest BCUT2D eigenvalue weighted by atomic mass is 9.82. The Balaban J connectivity index is 1.58. The quantitative estimate of drug-likeness (QED) is 0.841. The molecule has 2 aromatic rings. The Kier molecular flexibility index (Phi) is 4.67. The van der Waals surface area contributed by atoms with Crippen molar-refractivity contribution in [1.82, 2.24) is 20.3 Å². The van der Waals surface area contributed by atoms with Crippen LogP contribution in [0.4, 0.5) is 8.78 Å². The van der Waals surface area contributed by atoms with E-state index < -0.39 is 23.2 Å². The maximum atomic E-state index is 13.5. The fourth-order valence-electron chi connectivity index (χ4n) is 3.76. The molecule has 2 saturated carbocycles. The summed E-state index contributed by atoms with van der Waals surface area (Å²) in [5.74, 6) is -2.24. The van der Waals surface area contributed by atoms with Gasteiger partial charge in [-0.2, -0.15) is 0 Å². The highest BCUT2D eigenvalue weighted by atomic mass is 19.2. The van der Waals surface area contributed by atoms with E-state index in [-0.39, 0.29) is 17.5 Å². The highest BCUT2D eigenvalue weighted by Crippen LogP contribution is 2.38. The topological polar surface area (TPSA) is 85.8 Å². The SMILES string of the molecule is NC1(n2cc([C@@H](NC(=O)c3ccc(F)c(F)c3)C3CCCCC3)nn2)CC1. The zero-order chi connectivity index (χ0) is 19.0. The zero-order valence-electron chi connectivity index (χ0n) is 15.0. The van der Waals surface area contributed by atoms with E-state index in [1.165, 1.54) is 12.5 Å². The molecular formula is C19H23F2N5O. The third-order valence-corrected chi connectivity index (χ3v) is 5.64. The molecule has 2 fully saturated rings. The number of rotatable bonds is 5. The monoisotopic (exact) mass is 375 g/mol. The van der Waals surface area contributed by atoms with Gasteiger partial charge < -0.3 is 11.1 Å². The molecule has 4 rings (SSSR count). The van der Waals surface area contributed by atoms with Crippen LogP contribution in [0.5, 0.6) is 0 Å². The summed E-state index contributed by atoms with van der Waals surface area (Å²) < 4.78 is 28.3. The first-order valence-electron chi connectivity index (χ1n) is 9.44. The second-order valence-corrected chi connectivity index (χ2v) is 7.67. The summed E-state index contributed by atoms with van der Waals surface area (Å²) in [5, 5.41) is 11.4. The predicted octanol–water partition coefficient (Wildman–Crippen LogP) is 3.01. The van der Waals surface area contributed by atoms with Crippen LogP contribution in [0.2, 0.25) is 0 Å². The highest BCUT2D eigenvalue weighted by molar-refractivity contribution is 5.94. The van der Waals surface area contributed by atoms with Crippen LogP contribution in [0.3, 0.4) is 0 Å². The van der Waals surface area contributed by atoms with Gasteiger partial charge >= 0.3 is 0 Å². The molecule has 6 nitrogen and oxygen atoms in total. The number of halogens is 2. The van der Waals surface area contributed by atoms with Crippen LogP contribution in [-0.4, -0.2) is 20.9 Å². The van der Waals surface area contributed by atoms with E-state index in [9.17, 15) is 13.6 Å². The van der Waals surface area contributed by atoms with Gasteiger partial charge in [0.2, 0.25) is 0 Å². The molecule has 1 amide bonds. The van der Waals surface area contributed by atoms with E-state index in [0.717, 1.165) is 50.7 Å². The van der Waals surface area contributed by atoms with E-state index in [1.54, 1.807) is 10.9 Å². The molecule has 1 heterocycles. The van der Waals surface area contributed by atoms with Crippen molar-refractivity contribution < 1.29 is 13.6 Å². The molecule has 2 aliphatic carbocycles. The van der Waals surface area contributed by atoms with Crippen molar-refractivity contribution >= 4 is 5.91 Å². The van der Waals surface area contributed by atoms with E-state index in [2.05, 4.69) is 15.6 Å². The van der Waals surface area contributed by atoms with Gasteiger partial charge in [-0.1, -0.05) is 24.5 Å². The standard InChI is InChI=1S/C19H23F2N5O/c20-14-7-6-13(10-15(14)21)18(27)23-17(12-4-2-1-3-5-12)16-11-26(25-24-16)19(22)8-9-19/h6-7,10-12,17H,1-5,8-9,22H2,(H,23,27)/t17-/m0/s1. The van der Waals surface area contributed by atoms with Gasteiger partial charge in [0, 0.05) is 5.56 Å². The summed E-state index contributed by atoms with van der Waals surface area (Å²) in [7, 11) is 0. The number of benzene rings is 1. The van der Waals surface area contributed by atoms with E-state index in [1.807, 2.05) is 0 Å². The van der Waals surface area contributed by atoms with Crippen molar-refractivity contribution in [3.8, 4) is 0 Å². The Labute approximate surface area is 156 Å². The molecule has 2 aliphatic rings. The smallest absolute Gasteiger partial charge is 0.251 e. The van der Waals surface area contributed by atoms with Gasteiger partial charge in [0.15, 0.2) is 11.6 Å². The number of hydrogen-bond donors (Lipinski definition) is 2. The Morgan fingerprint density at radius 1 is 1.22 bits per heavy atom. The van der Waals surface area contributed by atoms with Gasteiger partial charge in [0.1, 0.15) is 11.4 Å². The summed E-state index contributed by atoms with van der Waals surface area (Å²) in [6.45, 7) is 0. The number of carbonyl (C=O) groups is 1. The summed E-state index contributed by atoms with van der Waals surface area (Å²) >= 11 is 0. The molecule has 0 spiro atoms. The highest BCUT2D eigenvalue weighted by Gasteiger charge is 2.42. The summed E-state index contributed by atoms with van der Waals surface area (Å²) in [6, 6.07) is 2.82. The van der Waals surface area contributed by atoms with E-state index >= 15 is 0 Å². The van der Waals surface area contributed by atoms with Crippen molar-refractivity contribution in [2.75, 3.05) is 0 Å². The van der Waals surface area contributed by atoms with Gasteiger partial charge in [0.25, 0.3) is 5.91 Å². The van der Waals surface area contributed by atoms with Crippen LogP contribution in [0.15, 0.2) is 24.4 Å². The van der Waals surface area contributed by atoms with Crippen molar-refractivity contribution in [2.24, 2.45) is 11.7 Å². The molecule has 8 heteroatoms. The lowest BCUT2D eigenvalue weighted by molar-refractivity contribution is 0.0910. The Bertz CT molecular complexity index is 842. The summed E-state index contributed by atoms with van der Waals surface area (Å²) in [5.41, 5.74) is 6.46. The molecule has 1 aromatic heterocycles. The fourth-order valence-corrected chi connectivity index (χ4v) is 3.76. The molecule has 27 heavy (non-hydrogen) atoms. The van der Waals surface area contributed by atoms with E-state index in [4.69, 9.17) is 5.73 Å². The van der Waals surface area contributed by atoms with E-state index in [0.29, 0.717) is 5.69 Å². The number of amides is 1. The van der Waals surface area contributed by atoms with Gasteiger partial charge in [0.05, 0.1) is 12.2 Å². The second-order valence-electron chi connectivity index (χ2n) is 7.67. The minimum atomic E-state index is -1.04. The van der Waals surface area contributed by atoms with Crippen molar-refractivity contribution in [1.29, 1.82) is 0 Å². The first-order valence-corrected chi connectivity index (χ1v) is 9.44. The molecule has 3 N–H and O–H groups in total. The predicted molar refractivity (Wildman–Crippen MR) is 94.6 cm³/mol. The number of carbonyl (C=O) groups excluding carboxylic acids is 1. The van der Waals surface area contributed by atoms with Gasteiger partial charge in [-0.15, -0.1) is 5.10 Å². The van der Waals surface area contributed by atoms with Crippen LogP contribution in [0.25, 0.3) is 0 Å². The lowest BCUT2D eigenvalue weighted by Crippen LogP contribution is -2.35. The number of hydrogen-bond acceptors (Lipinski definition) is 4. The summed E-state index contributed by atoms with van der Waals surface area (Å²) in [6.07, 6.45) is 8.83. The first-order chi connectivity index (χ1) is 13.0. The van der Waals surface area contributed by atoms with Crippen LogP contribution in [0, 0.1) is 17.6 Å². The van der Waals surface area contributed by atoms with Crippen molar-refractivity contribution in [3.05, 3.63) is 47.3 Å². The second kappa shape index (κ2) is 6.99. The molecule has 144 valence electrons. The average Bonchev–Trinajstić information content (AvgIpc) is 3.23. The number of nitrogens with two attached hydrogens (primary N) is 1. The Morgan fingerprint density at radius 3 is 2.63 bits per heavy atom. The molecule has 0 saturated heterocycles. The molecule has 0 unspecified atom stereocenters. The van der Waals surface area contributed by atoms with Crippen LogP contribution in [-0.2, 0) is 5.66 Å². The molecule has 1 atom stereocenters. The normalized spacial score (nSPS) is 20.3. The molecule has 0 radical (unpaired) electrons. The van der Waals surface area contributed by atoms with Gasteiger partial charge in [-0.3, -0.25) is 4.79 Å². The Morgan fingerprint density at radius 2 is 1.96 bits per heavy atom. The van der Waals surface area contributed by atoms with Crippen LogP contribution in [0.1, 0.15) is 67.0 Å². The zero-order valence-corrected chi connectivity index (χ0v) is 15.0. The average molecular weight is 375 g/mol. The maximum Gasteiger partial charge on any atom is 0.251 e. The molecular weight excluding hydrogens is 352 g/mol. The number of nitrogens with zero attached hydrogens (tertiary/aromatic N) is 3. The van der Waals surface area contributed by atoms with Gasteiger partial charge in [-0.25, -0.2) is 13.5 Å². The largest absolute Gasteiger partial charge is 0.343 e. The van der Waals surface area contributed by atoms with Crippen LogP contribution < -0.4 is 11.1 Å². The Hall–Kier alpha value is -2.35. The molecule has 0 bridgehead atoms. The molecule has 1 aromatic carbocycles. The first kappa shape index (κ1) is 18.0. The third kappa shape index (κ3) is 3.71. The number of nitrogens with one attached hydrogen (secondary N) is 1. The number of aromatic nitrogens is 3. The van der Waals surface area contributed by atoms with Crippen molar-refractivity contribution in [2.45, 2.75) is 56.7 Å². The third-order valence-electron chi connectivity index (χ3n) is 5.64. The van der Waals surface area contributed by atoms with Crippen LogP contribution >= 0.6 is 0 Å². The summed E-state index contributed by atoms with van der Waals surface area (Å²) in [4.78, 5) is 12.7. The lowest BCUT2D eigenvalue weighted by Gasteiger charge is -2.29. The molecule has 0 aliphatic heterocycles. The maximum absolute atomic E-state index is 13.5.